The number of hydrogen-bond acceptors (Lipinski definition) is 3. The Balaban J connectivity index is 2.41. The number of nitrogens with one attached hydrogen (secondary N) is 1. The van der Waals surface area contributed by atoms with Crippen LogP contribution in [0.5, 0.6) is 0 Å². The highest BCUT2D eigenvalue weighted by atomic mass is 32.2. The predicted molar refractivity (Wildman–Crippen MR) is 79.9 cm³/mol. The van der Waals surface area contributed by atoms with E-state index in [1.54, 1.807) is 16.7 Å². The van der Waals surface area contributed by atoms with E-state index in [4.69, 9.17) is 0 Å². The number of nitrogens with zero attached hydrogens (tertiary/aromatic N) is 1. The van der Waals surface area contributed by atoms with Crippen molar-refractivity contribution >= 4 is 23.6 Å². The minimum Gasteiger partial charge on any atom is -0.354 e. The van der Waals surface area contributed by atoms with Crippen LogP contribution in [-0.2, 0) is 9.59 Å². The van der Waals surface area contributed by atoms with Crippen LogP contribution < -0.4 is 5.32 Å². The van der Waals surface area contributed by atoms with Crippen molar-refractivity contribution in [2.45, 2.75) is 52.5 Å². The minimum atomic E-state index is -0.262. The van der Waals surface area contributed by atoms with E-state index in [9.17, 15) is 9.59 Å². The zero-order valence-corrected chi connectivity index (χ0v) is 13.1. The first-order chi connectivity index (χ1) is 9.06. The second-order valence-electron chi connectivity index (χ2n) is 5.46. The summed E-state index contributed by atoms with van der Waals surface area (Å²) in [5, 5.41) is 2.95. The third-order valence-corrected chi connectivity index (χ3v) is 4.28. The number of thioether (sulfide) groups is 1. The Bertz CT molecular complexity index is 308. The molecule has 0 saturated carbocycles. The molecule has 1 unspecified atom stereocenters. The van der Waals surface area contributed by atoms with Gasteiger partial charge in [-0.3, -0.25) is 9.59 Å². The quantitative estimate of drug-likeness (QED) is 0.781. The molecule has 0 radical (unpaired) electrons. The largest absolute Gasteiger partial charge is 0.354 e. The lowest BCUT2D eigenvalue weighted by molar-refractivity contribution is -0.138. The van der Waals surface area contributed by atoms with Crippen LogP contribution in [-0.4, -0.2) is 40.9 Å². The fraction of sp³-hybridized carbons (Fsp3) is 0.857. The number of amides is 2. The molecule has 110 valence electrons. The fourth-order valence-corrected chi connectivity index (χ4v) is 3.16. The van der Waals surface area contributed by atoms with Gasteiger partial charge in [0.1, 0.15) is 6.04 Å². The van der Waals surface area contributed by atoms with E-state index in [0.717, 1.165) is 25.0 Å². The Morgan fingerprint density at radius 1 is 1.42 bits per heavy atom. The molecule has 0 aliphatic carbocycles. The average Bonchev–Trinajstić information content (AvgIpc) is 2.84. The van der Waals surface area contributed by atoms with Crippen molar-refractivity contribution in [2.24, 2.45) is 5.92 Å². The van der Waals surface area contributed by atoms with E-state index < -0.39 is 0 Å². The number of carbonyl (C=O) groups excluding carboxylic acids is 2. The maximum atomic E-state index is 12.1. The Morgan fingerprint density at radius 2 is 2.16 bits per heavy atom. The lowest BCUT2D eigenvalue weighted by atomic mass is 10.1. The normalized spacial score (nSPS) is 18.9. The van der Waals surface area contributed by atoms with E-state index in [1.807, 2.05) is 0 Å². The zero-order chi connectivity index (χ0) is 14.3. The Morgan fingerprint density at radius 3 is 2.79 bits per heavy atom. The predicted octanol–water partition coefficient (Wildman–Crippen LogP) is 2.24. The van der Waals surface area contributed by atoms with E-state index in [-0.39, 0.29) is 17.9 Å². The summed E-state index contributed by atoms with van der Waals surface area (Å²) in [5.41, 5.74) is 0. The van der Waals surface area contributed by atoms with Crippen LogP contribution in [0.4, 0.5) is 0 Å². The zero-order valence-electron chi connectivity index (χ0n) is 12.3. The van der Waals surface area contributed by atoms with Gasteiger partial charge in [0, 0.05) is 18.7 Å². The van der Waals surface area contributed by atoms with Crippen LogP contribution in [0.2, 0.25) is 0 Å². The minimum absolute atomic E-state index is 0.00972. The second-order valence-corrected chi connectivity index (χ2v) is 6.46. The van der Waals surface area contributed by atoms with Gasteiger partial charge in [-0.1, -0.05) is 27.2 Å². The van der Waals surface area contributed by atoms with E-state index >= 15 is 0 Å². The third kappa shape index (κ3) is 5.43. The maximum Gasteiger partial charge on any atom is 0.243 e. The first-order valence-electron chi connectivity index (χ1n) is 7.21. The number of rotatable bonds is 7. The molecule has 1 rings (SSSR count). The Labute approximate surface area is 120 Å². The molecule has 1 aliphatic rings. The third-order valence-electron chi connectivity index (χ3n) is 3.27. The summed E-state index contributed by atoms with van der Waals surface area (Å²) in [4.78, 5) is 25.9. The number of unbranched alkanes of at least 4 members (excludes halogenated alkanes) is 1. The van der Waals surface area contributed by atoms with Gasteiger partial charge in [0.25, 0.3) is 0 Å². The molecule has 1 heterocycles. The van der Waals surface area contributed by atoms with Crippen molar-refractivity contribution in [3.05, 3.63) is 0 Å². The molecule has 2 amide bonds. The monoisotopic (exact) mass is 286 g/mol. The van der Waals surface area contributed by atoms with Crippen LogP contribution in [0.3, 0.4) is 0 Å². The molecule has 1 fully saturated rings. The van der Waals surface area contributed by atoms with Crippen molar-refractivity contribution < 1.29 is 9.59 Å². The molecule has 19 heavy (non-hydrogen) atoms. The highest BCUT2D eigenvalue weighted by molar-refractivity contribution is 7.99. The smallest absolute Gasteiger partial charge is 0.243 e. The van der Waals surface area contributed by atoms with Gasteiger partial charge in [-0.25, -0.2) is 0 Å². The number of carbonyl (C=O) groups is 2. The first-order valence-corrected chi connectivity index (χ1v) is 8.36. The molecular formula is C14H26N2O2S. The molecule has 0 spiro atoms. The van der Waals surface area contributed by atoms with E-state index in [2.05, 4.69) is 26.1 Å². The van der Waals surface area contributed by atoms with Crippen molar-refractivity contribution in [3.63, 3.8) is 0 Å². The Hall–Kier alpha value is -0.710. The first kappa shape index (κ1) is 16.3. The van der Waals surface area contributed by atoms with E-state index in [0.29, 0.717) is 24.8 Å². The second kappa shape index (κ2) is 8.46. The highest BCUT2D eigenvalue weighted by Crippen LogP contribution is 2.22. The summed E-state index contributed by atoms with van der Waals surface area (Å²) in [7, 11) is 0. The molecule has 0 aromatic heterocycles. The van der Waals surface area contributed by atoms with Gasteiger partial charge in [0.05, 0.1) is 5.88 Å². The lowest BCUT2D eigenvalue weighted by Gasteiger charge is -2.23. The standard InChI is InChI=1S/C14H26N2O2S/c1-4-5-6-13(17)16-10-19-9-12(16)14(18)15-8-7-11(2)3/h11-12H,4-10H2,1-3H3,(H,15,18). The molecule has 1 saturated heterocycles. The van der Waals surface area contributed by atoms with Gasteiger partial charge >= 0.3 is 0 Å². The van der Waals surface area contributed by atoms with Gasteiger partial charge in [0.15, 0.2) is 0 Å². The molecule has 1 N–H and O–H groups in total. The van der Waals surface area contributed by atoms with Gasteiger partial charge in [-0.15, -0.1) is 11.8 Å². The van der Waals surface area contributed by atoms with Gasteiger partial charge in [0.2, 0.25) is 11.8 Å². The molecule has 0 aromatic rings. The molecule has 1 aliphatic heterocycles. The fourth-order valence-electron chi connectivity index (χ4n) is 1.98. The van der Waals surface area contributed by atoms with Crippen LogP contribution >= 0.6 is 11.8 Å². The van der Waals surface area contributed by atoms with E-state index in [1.165, 1.54) is 0 Å². The van der Waals surface area contributed by atoms with Crippen molar-refractivity contribution in [1.29, 1.82) is 0 Å². The van der Waals surface area contributed by atoms with Gasteiger partial charge < -0.3 is 10.2 Å². The molecular weight excluding hydrogens is 260 g/mol. The highest BCUT2D eigenvalue weighted by Gasteiger charge is 2.33. The SMILES string of the molecule is CCCCC(=O)N1CSCC1C(=O)NCCC(C)C. The summed E-state index contributed by atoms with van der Waals surface area (Å²) < 4.78 is 0. The topological polar surface area (TPSA) is 49.4 Å². The van der Waals surface area contributed by atoms with Crippen molar-refractivity contribution in [3.8, 4) is 0 Å². The summed E-state index contributed by atoms with van der Waals surface area (Å²) in [6.45, 7) is 7.05. The average molecular weight is 286 g/mol. The summed E-state index contributed by atoms with van der Waals surface area (Å²) in [5.74, 6) is 2.10. The van der Waals surface area contributed by atoms with Crippen LogP contribution in [0.15, 0.2) is 0 Å². The molecule has 0 aromatic carbocycles. The summed E-state index contributed by atoms with van der Waals surface area (Å²) in [6.07, 6.45) is 3.46. The molecule has 4 nitrogen and oxygen atoms in total. The van der Waals surface area contributed by atoms with Crippen molar-refractivity contribution in [2.75, 3.05) is 18.2 Å². The number of hydrogen-bond donors (Lipinski definition) is 1. The van der Waals surface area contributed by atoms with Crippen LogP contribution in [0, 0.1) is 5.92 Å². The Kier molecular flexibility index (Phi) is 7.28. The molecule has 0 bridgehead atoms. The molecule has 1 atom stereocenters. The summed E-state index contributed by atoms with van der Waals surface area (Å²) in [6, 6.07) is -0.262. The summed E-state index contributed by atoms with van der Waals surface area (Å²) >= 11 is 1.66. The maximum absolute atomic E-state index is 12.1. The van der Waals surface area contributed by atoms with Crippen LogP contribution in [0.1, 0.15) is 46.5 Å². The molecule has 5 heteroatoms. The van der Waals surface area contributed by atoms with Gasteiger partial charge in [-0.2, -0.15) is 0 Å². The van der Waals surface area contributed by atoms with Crippen LogP contribution in [0.25, 0.3) is 0 Å². The van der Waals surface area contributed by atoms with Crippen molar-refractivity contribution in [1.82, 2.24) is 10.2 Å². The lowest BCUT2D eigenvalue weighted by Crippen LogP contribution is -2.47. The van der Waals surface area contributed by atoms with Gasteiger partial charge in [-0.05, 0) is 18.8 Å².